The van der Waals surface area contributed by atoms with Crippen LogP contribution in [-0.4, -0.2) is 6.29 Å². The molecule has 0 bridgehead atoms. The zero-order valence-corrected chi connectivity index (χ0v) is 11.6. The molecule has 0 atom stereocenters. The minimum atomic E-state index is 0.731. The quantitative estimate of drug-likeness (QED) is 0.433. The van der Waals surface area contributed by atoms with E-state index in [2.05, 4.69) is 44.6 Å². The van der Waals surface area contributed by atoms with E-state index in [0.717, 1.165) is 22.7 Å². The van der Waals surface area contributed by atoms with Crippen molar-refractivity contribution in [2.75, 3.05) is 0 Å². The van der Waals surface area contributed by atoms with Crippen LogP contribution in [0.4, 0.5) is 0 Å². The van der Waals surface area contributed by atoms with Crippen LogP contribution in [0.15, 0.2) is 18.2 Å². The third-order valence-corrected chi connectivity index (χ3v) is 4.59. The number of aldehydes is 1. The summed E-state index contributed by atoms with van der Waals surface area (Å²) >= 11 is 7.46. The van der Waals surface area contributed by atoms with Crippen LogP contribution in [0.1, 0.15) is 15.9 Å². The predicted octanol–water partition coefficient (Wildman–Crippen LogP) is 4.21. The summed E-state index contributed by atoms with van der Waals surface area (Å²) in [5.41, 5.74) is 1.89. The molecule has 2 rings (SSSR count). The van der Waals surface area contributed by atoms with Crippen LogP contribution < -0.4 is 0 Å². The van der Waals surface area contributed by atoms with Gasteiger partial charge in [0.2, 0.25) is 0 Å². The summed E-state index contributed by atoms with van der Waals surface area (Å²) in [5, 5.41) is 1.95. The zero-order valence-electron chi connectivity index (χ0n) is 7.09. The van der Waals surface area contributed by atoms with Crippen molar-refractivity contribution in [1.82, 2.24) is 0 Å². The first-order chi connectivity index (χ1) is 6.76. The third kappa shape index (κ3) is 1.75. The zero-order chi connectivity index (χ0) is 10.1. The molecule has 0 fully saturated rings. The summed E-state index contributed by atoms with van der Waals surface area (Å²) in [6, 6.07) is 6.03. The van der Waals surface area contributed by atoms with Gasteiger partial charge in [-0.1, -0.05) is 28.1 Å². The van der Waals surface area contributed by atoms with Crippen molar-refractivity contribution in [2.45, 2.75) is 5.33 Å². The fraction of sp³-hybridized carbons (Fsp3) is 0.100. The van der Waals surface area contributed by atoms with Gasteiger partial charge in [0, 0.05) is 15.6 Å². The second-order valence-electron chi connectivity index (χ2n) is 2.85. The van der Waals surface area contributed by atoms with Gasteiger partial charge in [-0.15, -0.1) is 11.3 Å². The van der Waals surface area contributed by atoms with Crippen molar-refractivity contribution < 1.29 is 4.79 Å². The summed E-state index contributed by atoms with van der Waals surface area (Å²) < 4.78 is 2.47. The molecule has 1 nitrogen and oxygen atoms in total. The molecule has 0 N–H and O–H groups in total. The van der Waals surface area contributed by atoms with Crippen molar-refractivity contribution in [3.8, 4) is 0 Å². The maximum Gasteiger partial charge on any atom is 0.150 e. The van der Waals surface area contributed by atoms with Gasteiger partial charge in [-0.05, 0) is 39.6 Å². The molecule has 0 spiro atoms. The van der Waals surface area contributed by atoms with Gasteiger partial charge in [0.1, 0.15) is 6.29 Å². The van der Waals surface area contributed by atoms with Crippen molar-refractivity contribution in [3.63, 3.8) is 0 Å². The summed E-state index contributed by atoms with van der Waals surface area (Å²) in [7, 11) is 0. The molecule has 0 unspecified atom stereocenters. The number of fused-ring (bicyclic) bond motifs is 1. The summed E-state index contributed by atoms with van der Waals surface area (Å²) in [4.78, 5) is 10.8. The lowest BCUT2D eigenvalue weighted by atomic mass is 10.1. The van der Waals surface area contributed by atoms with Gasteiger partial charge in [0.25, 0.3) is 0 Å². The van der Waals surface area contributed by atoms with E-state index >= 15 is 0 Å². The number of hydrogen-bond donors (Lipinski definition) is 0. The van der Waals surface area contributed by atoms with Crippen LogP contribution in [0.5, 0.6) is 0 Å². The van der Waals surface area contributed by atoms with Crippen molar-refractivity contribution >= 4 is 66.2 Å². The highest BCUT2D eigenvalue weighted by Gasteiger charge is 2.08. The molecule has 0 saturated carbocycles. The van der Waals surface area contributed by atoms with Crippen LogP contribution in [0, 0.1) is 2.88 Å². The maximum absolute atomic E-state index is 10.8. The first-order valence-corrected chi connectivity index (χ1v) is 7.00. The Hall–Kier alpha value is 0.0600. The van der Waals surface area contributed by atoms with Gasteiger partial charge in [-0.3, -0.25) is 4.79 Å². The van der Waals surface area contributed by atoms with Crippen LogP contribution in [0.2, 0.25) is 0 Å². The van der Waals surface area contributed by atoms with Crippen molar-refractivity contribution in [1.29, 1.82) is 0 Å². The summed E-state index contributed by atoms with van der Waals surface area (Å²) in [6.07, 6.45) is 0.919. The first-order valence-electron chi connectivity index (χ1n) is 3.98. The van der Waals surface area contributed by atoms with E-state index < -0.39 is 0 Å². The van der Waals surface area contributed by atoms with E-state index in [9.17, 15) is 4.79 Å². The molecule has 1 aromatic carbocycles. The fourth-order valence-corrected chi connectivity index (χ4v) is 4.12. The second-order valence-corrected chi connectivity index (χ2v) is 6.36. The first kappa shape index (κ1) is 10.6. The van der Waals surface area contributed by atoms with E-state index in [1.165, 1.54) is 13.0 Å². The molecule has 0 saturated heterocycles. The van der Waals surface area contributed by atoms with Crippen molar-refractivity contribution in [2.24, 2.45) is 0 Å². The molecular weight excluding hydrogens is 375 g/mol. The van der Waals surface area contributed by atoms with Gasteiger partial charge < -0.3 is 0 Å². The Morgan fingerprint density at radius 2 is 2.29 bits per heavy atom. The molecule has 72 valence electrons. The molecule has 14 heavy (non-hydrogen) atoms. The smallest absolute Gasteiger partial charge is 0.150 e. The molecule has 1 heterocycles. The average molecular weight is 381 g/mol. The predicted molar refractivity (Wildman–Crippen MR) is 72.6 cm³/mol. The summed E-state index contributed by atoms with van der Waals surface area (Å²) in [5.74, 6) is 0. The largest absolute Gasteiger partial charge is 0.298 e. The summed E-state index contributed by atoms with van der Waals surface area (Å²) in [6.45, 7) is 0. The Kier molecular flexibility index (Phi) is 3.23. The van der Waals surface area contributed by atoms with E-state index in [4.69, 9.17) is 0 Å². The van der Waals surface area contributed by atoms with Gasteiger partial charge >= 0.3 is 0 Å². The van der Waals surface area contributed by atoms with E-state index in [1.807, 2.05) is 12.1 Å². The average Bonchev–Trinajstić information content (AvgIpc) is 2.56. The SMILES string of the molecule is O=Cc1ccc2cc(I)sc2c1CBr. The molecule has 1 aromatic heterocycles. The van der Waals surface area contributed by atoms with Crippen molar-refractivity contribution in [3.05, 3.63) is 32.2 Å². The van der Waals surface area contributed by atoms with Crippen LogP contribution in [-0.2, 0) is 5.33 Å². The maximum atomic E-state index is 10.8. The Bertz CT molecular complexity index is 492. The Labute approximate surface area is 108 Å². The molecule has 0 aliphatic carbocycles. The van der Waals surface area contributed by atoms with E-state index in [0.29, 0.717) is 0 Å². The van der Waals surface area contributed by atoms with Gasteiger partial charge in [0.15, 0.2) is 0 Å². The van der Waals surface area contributed by atoms with Gasteiger partial charge in [-0.25, -0.2) is 0 Å². The molecular formula is C10H6BrIOS. The van der Waals surface area contributed by atoms with Crippen LogP contribution >= 0.6 is 49.9 Å². The number of hydrogen-bond acceptors (Lipinski definition) is 2. The number of benzene rings is 1. The number of carbonyl (C=O) groups excluding carboxylic acids is 1. The highest BCUT2D eigenvalue weighted by Crippen LogP contribution is 2.32. The van der Waals surface area contributed by atoms with Gasteiger partial charge in [0.05, 0.1) is 2.88 Å². The Morgan fingerprint density at radius 3 is 2.93 bits per heavy atom. The van der Waals surface area contributed by atoms with Gasteiger partial charge in [-0.2, -0.15) is 0 Å². The standard InChI is InChI=1S/C10H6BrIOS/c11-4-8-7(5-13)2-1-6-3-9(12)14-10(6)8/h1-3,5H,4H2. The topological polar surface area (TPSA) is 17.1 Å². The molecule has 2 aromatic rings. The van der Waals surface area contributed by atoms with E-state index in [-0.39, 0.29) is 0 Å². The Morgan fingerprint density at radius 1 is 1.50 bits per heavy atom. The highest BCUT2D eigenvalue weighted by atomic mass is 127. The number of rotatable bonds is 2. The van der Waals surface area contributed by atoms with Crippen LogP contribution in [0.3, 0.4) is 0 Å². The Balaban J connectivity index is 2.82. The number of alkyl halides is 1. The molecule has 0 aliphatic heterocycles. The molecule has 0 aliphatic rings. The lowest BCUT2D eigenvalue weighted by Crippen LogP contribution is -1.88. The number of thiophene rings is 1. The highest BCUT2D eigenvalue weighted by molar-refractivity contribution is 14.1. The normalized spacial score (nSPS) is 10.7. The molecule has 0 radical (unpaired) electrons. The van der Waals surface area contributed by atoms with E-state index in [1.54, 1.807) is 11.3 Å². The fourth-order valence-electron chi connectivity index (χ4n) is 1.39. The lowest BCUT2D eigenvalue weighted by molar-refractivity contribution is 0.112. The minimum absolute atomic E-state index is 0.731. The third-order valence-electron chi connectivity index (χ3n) is 2.06. The number of halogens is 2. The molecule has 4 heteroatoms. The number of carbonyl (C=O) groups is 1. The monoisotopic (exact) mass is 380 g/mol. The second kappa shape index (κ2) is 4.28. The minimum Gasteiger partial charge on any atom is -0.298 e. The molecule has 0 amide bonds. The lowest BCUT2D eigenvalue weighted by Gasteiger charge is -2.01. The van der Waals surface area contributed by atoms with Crippen LogP contribution in [0.25, 0.3) is 10.1 Å².